The molecule has 1 aromatic carbocycles. The van der Waals surface area contributed by atoms with Crippen LogP contribution in [0.4, 0.5) is 15.8 Å². The van der Waals surface area contributed by atoms with Crippen molar-refractivity contribution in [3.63, 3.8) is 0 Å². The molecular weight excluding hydrogens is 271 g/mol. The summed E-state index contributed by atoms with van der Waals surface area (Å²) < 4.78 is 15.4. The topological polar surface area (TPSA) is 83.8 Å². The second kappa shape index (κ2) is 4.94. The van der Waals surface area contributed by atoms with Crippen molar-refractivity contribution in [2.75, 3.05) is 11.1 Å². The fraction of sp³-hybridized carbons (Fsp3) is 0.200. The van der Waals surface area contributed by atoms with Gasteiger partial charge >= 0.3 is 0 Å². The smallest absolute Gasteiger partial charge is 0.272 e. The predicted octanol–water partition coefficient (Wildman–Crippen LogP) is 2.67. The van der Waals surface area contributed by atoms with Crippen LogP contribution in [0.3, 0.4) is 0 Å². The number of aromatic nitrogens is 1. The van der Waals surface area contributed by atoms with E-state index in [1.807, 2.05) is 4.57 Å². The third-order valence-corrected chi connectivity index (χ3v) is 3.42. The maximum Gasteiger partial charge on any atom is 0.272 e. The third-order valence-electron chi connectivity index (χ3n) is 3.42. The second-order valence-corrected chi connectivity index (χ2v) is 5.03. The van der Waals surface area contributed by atoms with Crippen LogP contribution in [0.25, 0.3) is 0 Å². The molecule has 0 bridgehead atoms. The third kappa shape index (κ3) is 2.46. The Bertz CT molecular complexity index is 756. The molecule has 0 radical (unpaired) electrons. The summed E-state index contributed by atoms with van der Waals surface area (Å²) in [5.41, 5.74) is 6.65. The van der Waals surface area contributed by atoms with E-state index in [9.17, 15) is 9.18 Å². The highest BCUT2D eigenvalue weighted by molar-refractivity contribution is 6.04. The normalized spacial score (nSPS) is 13.7. The second-order valence-electron chi connectivity index (χ2n) is 5.03. The Morgan fingerprint density at radius 3 is 2.90 bits per heavy atom. The summed E-state index contributed by atoms with van der Waals surface area (Å²) >= 11 is 0. The Labute approximate surface area is 120 Å². The number of nitriles is 1. The number of rotatable bonds is 3. The molecule has 0 aliphatic heterocycles. The zero-order chi connectivity index (χ0) is 15.0. The highest BCUT2D eigenvalue weighted by atomic mass is 19.1. The zero-order valence-corrected chi connectivity index (χ0v) is 11.1. The van der Waals surface area contributed by atoms with Gasteiger partial charge in [-0.15, -0.1) is 0 Å². The Morgan fingerprint density at radius 1 is 1.48 bits per heavy atom. The van der Waals surface area contributed by atoms with E-state index in [-0.39, 0.29) is 11.3 Å². The molecule has 6 heteroatoms. The molecule has 0 unspecified atom stereocenters. The van der Waals surface area contributed by atoms with Crippen molar-refractivity contribution >= 4 is 17.3 Å². The minimum atomic E-state index is -0.660. The number of amides is 1. The van der Waals surface area contributed by atoms with Crippen LogP contribution in [0.5, 0.6) is 0 Å². The van der Waals surface area contributed by atoms with Crippen LogP contribution in [-0.2, 0) is 0 Å². The highest BCUT2D eigenvalue weighted by Crippen LogP contribution is 2.37. The van der Waals surface area contributed by atoms with Gasteiger partial charge in [-0.25, -0.2) is 4.39 Å². The Kier molecular flexibility index (Phi) is 3.10. The summed E-state index contributed by atoms with van der Waals surface area (Å²) in [6.45, 7) is 0. The zero-order valence-electron chi connectivity index (χ0n) is 11.1. The van der Waals surface area contributed by atoms with Gasteiger partial charge in [-0.05, 0) is 31.0 Å². The maximum absolute atomic E-state index is 13.5. The van der Waals surface area contributed by atoms with E-state index in [1.165, 1.54) is 18.2 Å². The summed E-state index contributed by atoms with van der Waals surface area (Å²) in [6, 6.07) is 7.75. The number of benzene rings is 1. The SMILES string of the molecule is N#Cc1c(F)cccc1NC(=O)c1cc(N)cn1C1CC1. The molecule has 1 aromatic heterocycles. The first-order valence-electron chi connectivity index (χ1n) is 6.57. The number of carbonyl (C=O) groups excluding carboxylic acids is 1. The van der Waals surface area contributed by atoms with Gasteiger partial charge in [-0.3, -0.25) is 4.79 Å². The van der Waals surface area contributed by atoms with Crippen molar-refractivity contribution in [2.45, 2.75) is 18.9 Å². The maximum atomic E-state index is 13.5. The van der Waals surface area contributed by atoms with E-state index in [0.29, 0.717) is 17.4 Å². The first-order valence-corrected chi connectivity index (χ1v) is 6.57. The minimum absolute atomic E-state index is 0.157. The van der Waals surface area contributed by atoms with Crippen LogP contribution < -0.4 is 11.1 Å². The van der Waals surface area contributed by atoms with E-state index < -0.39 is 11.7 Å². The summed E-state index contributed by atoms with van der Waals surface area (Å²) in [5.74, 6) is -1.06. The van der Waals surface area contributed by atoms with E-state index >= 15 is 0 Å². The molecule has 1 amide bonds. The number of nitrogens with one attached hydrogen (secondary N) is 1. The average molecular weight is 284 g/mol. The van der Waals surface area contributed by atoms with Crippen molar-refractivity contribution < 1.29 is 9.18 Å². The first-order chi connectivity index (χ1) is 10.1. The minimum Gasteiger partial charge on any atom is -0.397 e. The Morgan fingerprint density at radius 2 is 2.24 bits per heavy atom. The lowest BCUT2D eigenvalue weighted by Crippen LogP contribution is -2.17. The quantitative estimate of drug-likeness (QED) is 0.908. The highest BCUT2D eigenvalue weighted by Gasteiger charge is 2.28. The molecule has 106 valence electrons. The van der Waals surface area contributed by atoms with Gasteiger partial charge in [0.1, 0.15) is 23.1 Å². The number of hydrogen-bond acceptors (Lipinski definition) is 3. The molecule has 5 nitrogen and oxygen atoms in total. The molecule has 2 aromatic rings. The van der Waals surface area contributed by atoms with Gasteiger partial charge in [0.25, 0.3) is 5.91 Å². The Hall–Kier alpha value is -2.81. The number of hydrogen-bond donors (Lipinski definition) is 2. The molecule has 0 atom stereocenters. The standard InChI is InChI=1S/C15H13FN4O/c16-12-2-1-3-13(11(12)7-17)19-15(21)14-6-9(18)8-20(14)10-4-5-10/h1-3,6,8,10H,4-5,18H2,(H,19,21). The molecule has 0 saturated heterocycles. The number of carbonyl (C=O) groups is 1. The first kappa shape index (κ1) is 13.2. The number of anilines is 2. The fourth-order valence-corrected chi connectivity index (χ4v) is 2.27. The van der Waals surface area contributed by atoms with E-state index in [1.54, 1.807) is 18.3 Å². The fourth-order valence-electron chi connectivity index (χ4n) is 2.27. The van der Waals surface area contributed by atoms with Crippen LogP contribution in [-0.4, -0.2) is 10.5 Å². The van der Waals surface area contributed by atoms with Crippen LogP contribution >= 0.6 is 0 Å². The molecule has 0 spiro atoms. The van der Waals surface area contributed by atoms with E-state index in [4.69, 9.17) is 11.0 Å². The van der Waals surface area contributed by atoms with Gasteiger partial charge < -0.3 is 15.6 Å². The van der Waals surface area contributed by atoms with E-state index in [2.05, 4.69) is 5.32 Å². The summed E-state index contributed by atoms with van der Waals surface area (Å²) in [5, 5.41) is 11.6. The van der Waals surface area contributed by atoms with Crippen molar-refractivity contribution in [3.8, 4) is 6.07 Å². The molecule has 1 aliphatic carbocycles. The molecule has 1 aliphatic rings. The molecule has 1 heterocycles. The number of nitrogens with two attached hydrogens (primary N) is 1. The van der Waals surface area contributed by atoms with Crippen molar-refractivity contribution in [3.05, 3.63) is 47.5 Å². The van der Waals surface area contributed by atoms with Crippen molar-refractivity contribution in [1.29, 1.82) is 5.26 Å². The van der Waals surface area contributed by atoms with Crippen molar-refractivity contribution in [1.82, 2.24) is 4.57 Å². The van der Waals surface area contributed by atoms with Crippen LogP contribution in [0.1, 0.15) is 34.9 Å². The molecule has 21 heavy (non-hydrogen) atoms. The lowest BCUT2D eigenvalue weighted by atomic mass is 10.2. The summed E-state index contributed by atoms with van der Waals surface area (Å²) in [4.78, 5) is 12.3. The van der Waals surface area contributed by atoms with Crippen LogP contribution in [0.15, 0.2) is 30.5 Å². The summed E-state index contributed by atoms with van der Waals surface area (Å²) in [6.07, 6.45) is 3.75. The van der Waals surface area contributed by atoms with Gasteiger partial charge in [0.05, 0.1) is 11.4 Å². The number of nitrogen functional groups attached to an aromatic ring is 1. The van der Waals surface area contributed by atoms with Crippen molar-refractivity contribution in [2.24, 2.45) is 0 Å². The molecule has 3 rings (SSSR count). The van der Waals surface area contributed by atoms with Crippen LogP contribution in [0, 0.1) is 17.1 Å². The molecule has 1 fully saturated rings. The molecule has 1 saturated carbocycles. The number of nitrogens with zero attached hydrogens (tertiary/aromatic N) is 2. The van der Waals surface area contributed by atoms with Gasteiger partial charge in [0.15, 0.2) is 0 Å². The van der Waals surface area contributed by atoms with Gasteiger partial charge in [0.2, 0.25) is 0 Å². The van der Waals surface area contributed by atoms with E-state index in [0.717, 1.165) is 12.8 Å². The van der Waals surface area contributed by atoms with Gasteiger partial charge in [-0.2, -0.15) is 5.26 Å². The van der Waals surface area contributed by atoms with Gasteiger partial charge in [0, 0.05) is 12.2 Å². The Balaban J connectivity index is 1.91. The largest absolute Gasteiger partial charge is 0.397 e. The lowest BCUT2D eigenvalue weighted by Gasteiger charge is -2.10. The predicted molar refractivity (Wildman–Crippen MR) is 76.2 cm³/mol. The van der Waals surface area contributed by atoms with Crippen LogP contribution in [0.2, 0.25) is 0 Å². The molecule has 3 N–H and O–H groups in total. The summed E-state index contributed by atoms with van der Waals surface area (Å²) in [7, 11) is 0. The number of halogens is 1. The molecular formula is C15H13FN4O. The average Bonchev–Trinajstić information content (AvgIpc) is 3.21. The van der Waals surface area contributed by atoms with Gasteiger partial charge in [-0.1, -0.05) is 6.07 Å². The lowest BCUT2D eigenvalue weighted by molar-refractivity contribution is 0.101. The monoisotopic (exact) mass is 284 g/mol.